The number of hydrazine groups is 1. The average molecular weight is 400 g/mol. The van der Waals surface area contributed by atoms with Crippen molar-refractivity contribution in [1.82, 2.24) is 20.1 Å². The van der Waals surface area contributed by atoms with Crippen LogP contribution in [0, 0.1) is 11.7 Å². The predicted molar refractivity (Wildman–Crippen MR) is 97.3 cm³/mol. The molecule has 0 radical (unpaired) electrons. The van der Waals surface area contributed by atoms with Gasteiger partial charge in [0, 0.05) is 32.0 Å². The van der Waals surface area contributed by atoms with Crippen molar-refractivity contribution in [1.29, 1.82) is 0 Å². The summed E-state index contributed by atoms with van der Waals surface area (Å²) in [5.74, 6) is -1.49. The van der Waals surface area contributed by atoms with E-state index >= 15 is 0 Å². The Hall–Kier alpha value is -2.04. The van der Waals surface area contributed by atoms with E-state index in [0.29, 0.717) is 19.4 Å². The molecule has 1 fully saturated rings. The molecule has 1 aliphatic rings. The van der Waals surface area contributed by atoms with E-state index in [0.717, 1.165) is 12.1 Å². The number of piperidine rings is 1. The van der Waals surface area contributed by atoms with Crippen LogP contribution >= 0.6 is 0 Å². The van der Waals surface area contributed by atoms with E-state index in [-0.39, 0.29) is 42.1 Å². The van der Waals surface area contributed by atoms with Crippen molar-refractivity contribution in [2.75, 3.05) is 33.7 Å². The van der Waals surface area contributed by atoms with E-state index in [9.17, 15) is 22.4 Å². The maximum atomic E-state index is 13.0. The lowest BCUT2D eigenvalue weighted by molar-refractivity contribution is -0.132. The van der Waals surface area contributed by atoms with Gasteiger partial charge in [-0.05, 0) is 51.2 Å². The molecule has 1 heterocycles. The van der Waals surface area contributed by atoms with Gasteiger partial charge in [0.2, 0.25) is 21.8 Å². The molecule has 150 valence electrons. The quantitative estimate of drug-likeness (QED) is 0.671. The molecule has 2 N–H and O–H groups in total. The highest BCUT2D eigenvalue weighted by molar-refractivity contribution is 7.89. The van der Waals surface area contributed by atoms with Gasteiger partial charge in [-0.25, -0.2) is 12.8 Å². The zero-order valence-electron chi connectivity index (χ0n) is 15.4. The summed E-state index contributed by atoms with van der Waals surface area (Å²) in [6.45, 7) is 0.945. The van der Waals surface area contributed by atoms with Crippen LogP contribution in [-0.2, 0) is 19.6 Å². The molecule has 0 saturated carbocycles. The third-order valence-corrected chi connectivity index (χ3v) is 6.30. The van der Waals surface area contributed by atoms with Crippen LogP contribution in [0.5, 0.6) is 0 Å². The molecule has 0 unspecified atom stereocenters. The van der Waals surface area contributed by atoms with E-state index in [1.807, 2.05) is 19.0 Å². The maximum Gasteiger partial charge on any atom is 0.243 e. The van der Waals surface area contributed by atoms with Crippen molar-refractivity contribution in [2.24, 2.45) is 5.92 Å². The van der Waals surface area contributed by atoms with Crippen molar-refractivity contribution < 1.29 is 22.4 Å². The van der Waals surface area contributed by atoms with Gasteiger partial charge >= 0.3 is 0 Å². The second-order valence-electron chi connectivity index (χ2n) is 6.72. The Kier molecular flexibility index (Phi) is 7.28. The third kappa shape index (κ3) is 5.98. The molecule has 2 amide bonds. The average Bonchev–Trinajstić information content (AvgIpc) is 2.64. The van der Waals surface area contributed by atoms with Gasteiger partial charge in [0.05, 0.1) is 4.90 Å². The molecule has 1 aromatic rings. The number of halogens is 1. The standard InChI is InChI=1S/C17H25FN4O4S/c1-21(2)10-9-16(23)19-20-17(24)13-7-11-22(12-8-13)27(25,26)15-5-3-14(18)4-6-15/h3-6,13H,7-12H2,1-2H3,(H,19,23)(H,20,24). The molecule has 27 heavy (non-hydrogen) atoms. The Morgan fingerprint density at radius 2 is 1.74 bits per heavy atom. The van der Waals surface area contributed by atoms with E-state index in [1.54, 1.807) is 0 Å². The first-order chi connectivity index (χ1) is 12.7. The van der Waals surface area contributed by atoms with Crippen LogP contribution < -0.4 is 10.9 Å². The summed E-state index contributed by atoms with van der Waals surface area (Å²) in [6, 6.07) is 4.66. The van der Waals surface area contributed by atoms with Gasteiger partial charge in [-0.2, -0.15) is 4.31 Å². The van der Waals surface area contributed by atoms with Crippen LogP contribution in [0.2, 0.25) is 0 Å². The number of hydrogen-bond donors (Lipinski definition) is 2. The lowest BCUT2D eigenvalue weighted by atomic mass is 9.98. The summed E-state index contributed by atoms with van der Waals surface area (Å²) in [5.41, 5.74) is 4.78. The molecule has 1 aliphatic heterocycles. The van der Waals surface area contributed by atoms with Crippen LogP contribution in [-0.4, -0.2) is 63.2 Å². The van der Waals surface area contributed by atoms with Crippen LogP contribution in [0.4, 0.5) is 4.39 Å². The summed E-state index contributed by atoms with van der Waals surface area (Å²) < 4.78 is 39.4. The van der Waals surface area contributed by atoms with Crippen molar-refractivity contribution in [3.05, 3.63) is 30.1 Å². The first kappa shape index (κ1) is 21.3. The molecular weight excluding hydrogens is 375 g/mol. The maximum absolute atomic E-state index is 13.0. The minimum absolute atomic E-state index is 0.0277. The number of rotatable bonds is 6. The minimum Gasteiger partial charge on any atom is -0.309 e. The highest BCUT2D eigenvalue weighted by atomic mass is 32.2. The molecule has 1 aromatic carbocycles. The van der Waals surface area contributed by atoms with Gasteiger partial charge in [0.15, 0.2) is 0 Å². The van der Waals surface area contributed by atoms with E-state index < -0.39 is 15.8 Å². The van der Waals surface area contributed by atoms with Crippen LogP contribution in [0.25, 0.3) is 0 Å². The lowest BCUT2D eigenvalue weighted by Crippen LogP contribution is -2.48. The number of amides is 2. The molecule has 0 aliphatic carbocycles. The van der Waals surface area contributed by atoms with Crippen molar-refractivity contribution in [3.8, 4) is 0 Å². The van der Waals surface area contributed by atoms with E-state index in [4.69, 9.17) is 0 Å². The number of hydrogen-bond acceptors (Lipinski definition) is 5. The highest BCUT2D eigenvalue weighted by Crippen LogP contribution is 2.24. The fraction of sp³-hybridized carbons (Fsp3) is 0.529. The Morgan fingerprint density at radius 3 is 2.30 bits per heavy atom. The van der Waals surface area contributed by atoms with Crippen molar-refractivity contribution >= 4 is 21.8 Å². The Balaban J connectivity index is 1.83. The number of carbonyl (C=O) groups excluding carboxylic acids is 2. The zero-order valence-corrected chi connectivity index (χ0v) is 16.3. The normalized spacial score (nSPS) is 16.3. The number of nitrogens with zero attached hydrogens (tertiary/aromatic N) is 2. The fourth-order valence-corrected chi connectivity index (χ4v) is 4.20. The highest BCUT2D eigenvalue weighted by Gasteiger charge is 2.32. The molecule has 0 atom stereocenters. The van der Waals surface area contributed by atoms with Crippen LogP contribution in [0.3, 0.4) is 0 Å². The Morgan fingerprint density at radius 1 is 1.15 bits per heavy atom. The summed E-state index contributed by atoms with van der Waals surface area (Å²) >= 11 is 0. The summed E-state index contributed by atoms with van der Waals surface area (Å²) in [5, 5.41) is 0. The Bertz CT molecular complexity index is 760. The fourth-order valence-electron chi connectivity index (χ4n) is 2.74. The van der Waals surface area contributed by atoms with E-state index in [2.05, 4.69) is 10.9 Å². The number of benzene rings is 1. The van der Waals surface area contributed by atoms with Crippen molar-refractivity contribution in [3.63, 3.8) is 0 Å². The second kappa shape index (κ2) is 9.25. The first-order valence-electron chi connectivity index (χ1n) is 8.69. The SMILES string of the molecule is CN(C)CCC(=O)NNC(=O)C1CCN(S(=O)(=O)c2ccc(F)cc2)CC1. The largest absolute Gasteiger partial charge is 0.309 e. The molecular formula is C17H25FN4O4S. The molecule has 1 saturated heterocycles. The van der Waals surface area contributed by atoms with E-state index in [1.165, 1.54) is 16.4 Å². The van der Waals surface area contributed by atoms with Gasteiger partial charge in [0.1, 0.15) is 5.82 Å². The predicted octanol–water partition coefficient (Wildman–Crippen LogP) is 0.326. The van der Waals surface area contributed by atoms with Gasteiger partial charge in [-0.1, -0.05) is 0 Å². The summed E-state index contributed by atoms with van der Waals surface area (Å²) in [7, 11) is -0.0149. The molecule has 2 rings (SSSR count). The van der Waals surface area contributed by atoms with Gasteiger partial charge < -0.3 is 4.90 Å². The number of nitrogens with one attached hydrogen (secondary N) is 2. The summed E-state index contributed by atoms with van der Waals surface area (Å²) in [4.78, 5) is 25.7. The third-order valence-electron chi connectivity index (χ3n) is 4.39. The smallest absolute Gasteiger partial charge is 0.243 e. The molecule has 0 aromatic heterocycles. The van der Waals surface area contributed by atoms with Gasteiger partial charge in [0.25, 0.3) is 0 Å². The lowest BCUT2D eigenvalue weighted by Gasteiger charge is -2.30. The van der Waals surface area contributed by atoms with Gasteiger partial charge in [-0.15, -0.1) is 0 Å². The molecule has 8 nitrogen and oxygen atoms in total. The molecule has 0 bridgehead atoms. The van der Waals surface area contributed by atoms with Crippen LogP contribution in [0.1, 0.15) is 19.3 Å². The Labute approximate surface area is 158 Å². The van der Waals surface area contributed by atoms with Gasteiger partial charge in [-0.3, -0.25) is 20.4 Å². The first-order valence-corrected chi connectivity index (χ1v) is 10.1. The topological polar surface area (TPSA) is 98.8 Å². The zero-order chi connectivity index (χ0) is 20.0. The van der Waals surface area contributed by atoms with Crippen molar-refractivity contribution in [2.45, 2.75) is 24.2 Å². The molecule has 10 heteroatoms. The molecule has 0 spiro atoms. The van der Waals surface area contributed by atoms with Crippen LogP contribution in [0.15, 0.2) is 29.2 Å². The monoisotopic (exact) mass is 400 g/mol. The second-order valence-corrected chi connectivity index (χ2v) is 8.66. The summed E-state index contributed by atoms with van der Waals surface area (Å²) in [6.07, 6.45) is 0.960. The number of carbonyl (C=O) groups is 2. The minimum atomic E-state index is -3.71. The number of sulfonamides is 1.